The van der Waals surface area contributed by atoms with Crippen LogP contribution in [0.15, 0.2) is 0 Å². The molecule has 0 radical (unpaired) electrons. The molecule has 0 aromatic heterocycles. The van der Waals surface area contributed by atoms with E-state index in [1.165, 1.54) is 4.90 Å². The lowest BCUT2D eigenvalue weighted by atomic mass is 10.0. The fraction of sp³-hybridized carbons (Fsp3) is 0.750. The first-order valence-corrected chi connectivity index (χ1v) is 4.47. The minimum Gasteiger partial charge on any atom is -0.307 e. The maximum Gasteiger partial charge on any atom is 0.342 e. The highest BCUT2D eigenvalue weighted by atomic mass is 35.5. The molecule has 1 rings (SSSR count). The van der Waals surface area contributed by atoms with E-state index < -0.39 is 11.6 Å². The lowest BCUT2D eigenvalue weighted by molar-refractivity contribution is -0.129. The van der Waals surface area contributed by atoms with Gasteiger partial charge in [-0.15, -0.1) is 0 Å². The van der Waals surface area contributed by atoms with Gasteiger partial charge in [0.2, 0.25) is 0 Å². The molecule has 0 aromatic rings. The van der Waals surface area contributed by atoms with Crippen LogP contribution in [-0.2, 0) is 4.79 Å². The van der Waals surface area contributed by atoms with Gasteiger partial charge < -0.3 is 4.90 Å². The smallest absolute Gasteiger partial charge is 0.307 e. The number of urea groups is 1. The SMILES string of the molecule is CC(C)N1C(=O)N(Cl)C(=O)C1(C)C. The summed E-state index contributed by atoms with van der Waals surface area (Å²) in [5, 5.41) is 0. The molecular formula is C8H13ClN2O2. The Balaban J connectivity index is 3.10. The third-order valence-corrected chi connectivity index (χ3v) is 2.49. The molecule has 0 atom stereocenters. The van der Waals surface area contributed by atoms with Crippen LogP contribution in [0.4, 0.5) is 4.79 Å². The number of hydrogen-bond acceptors (Lipinski definition) is 2. The molecule has 0 N–H and O–H groups in total. The quantitative estimate of drug-likeness (QED) is 0.481. The van der Waals surface area contributed by atoms with Crippen LogP contribution in [0.1, 0.15) is 27.7 Å². The van der Waals surface area contributed by atoms with E-state index in [2.05, 4.69) is 0 Å². The van der Waals surface area contributed by atoms with Gasteiger partial charge in [-0.05, 0) is 27.7 Å². The third kappa shape index (κ3) is 1.29. The van der Waals surface area contributed by atoms with Gasteiger partial charge in [-0.3, -0.25) is 4.79 Å². The molecule has 3 amide bonds. The molecule has 13 heavy (non-hydrogen) atoms. The van der Waals surface area contributed by atoms with E-state index in [-0.39, 0.29) is 11.9 Å². The van der Waals surface area contributed by atoms with Gasteiger partial charge in [0.1, 0.15) is 5.54 Å². The van der Waals surface area contributed by atoms with Crippen molar-refractivity contribution < 1.29 is 9.59 Å². The molecule has 0 spiro atoms. The monoisotopic (exact) mass is 204 g/mol. The summed E-state index contributed by atoms with van der Waals surface area (Å²) in [6, 6.07) is -0.470. The van der Waals surface area contributed by atoms with Crippen molar-refractivity contribution in [3.05, 3.63) is 0 Å². The predicted molar refractivity (Wildman–Crippen MR) is 49.1 cm³/mol. The number of imide groups is 1. The van der Waals surface area contributed by atoms with Gasteiger partial charge in [0.15, 0.2) is 0 Å². The summed E-state index contributed by atoms with van der Waals surface area (Å²) in [5.41, 5.74) is -0.826. The summed E-state index contributed by atoms with van der Waals surface area (Å²) in [6.45, 7) is 7.08. The normalized spacial score (nSPS) is 22.0. The van der Waals surface area contributed by atoms with Crippen LogP contribution in [0.3, 0.4) is 0 Å². The van der Waals surface area contributed by atoms with Crippen molar-refractivity contribution in [3.8, 4) is 0 Å². The van der Waals surface area contributed by atoms with Crippen molar-refractivity contribution in [3.63, 3.8) is 0 Å². The second kappa shape index (κ2) is 2.87. The summed E-state index contributed by atoms with van der Waals surface area (Å²) in [4.78, 5) is 24.4. The number of rotatable bonds is 1. The van der Waals surface area contributed by atoms with Crippen molar-refractivity contribution >= 4 is 23.7 Å². The second-order valence-electron chi connectivity index (χ2n) is 3.89. The summed E-state index contributed by atoms with van der Waals surface area (Å²) in [7, 11) is 0. The molecular weight excluding hydrogens is 192 g/mol. The van der Waals surface area contributed by atoms with Crippen LogP contribution in [0.25, 0.3) is 0 Å². The highest BCUT2D eigenvalue weighted by molar-refractivity contribution is 6.33. The Labute approximate surface area is 82.5 Å². The van der Waals surface area contributed by atoms with E-state index in [9.17, 15) is 9.59 Å². The van der Waals surface area contributed by atoms with Crippen molar-refractivity contribution in [2.75, 3.05) is 0 Å². The Morgan fingerprint density at radius 3 is 1.92 bits per heavy atom. The molecule has 0 unspecified atom stereocenters. The van der Waals surface area contributed by atoms with Crippen molar-refractivity contribution in [2.24, 2.45) is 0 Å². The van der Waals surface area contributed by atoms with E-state index in [0.29, 0.717) is 4.42 Å². The van der Waals surface area contributed by atoms with Gasteiger partial charge in [0, 0.05) is 17.8 Å². The van der Waals surface area contributed by atoms with Crippen molar-refractivity contribution in [1.82, 2.24) is 9.32 Å². The topological polar surface area (TPSA) is 40.6 Å². The van der Waals surface area contributed by atoms with Crippen molar-refractivity contribution in [1.29, 1.82) is 0 Å². The summed E-state index contributed by atoms with van der Waals surface area (Å²) in [6.07, 6.45) is 0. The van der Waals surface area contributed by atoms with Gasteiger partial charge in [0.25, 0.3) is 5.91 Å². The molecule has 1 aliphatic heterocycles. The average molecular weight is 205 g/mol. The Morgan fingerprint density at radius 1 is 1.31 bits per heavy atom. The predicted octanol–water partition coefficient (Wildman–Crippen LogP) is 1.59. The molecule has 0 aromatic carbocycles. The Morgan fingerprint density at radius 2 is 1.77 bits per heavy atom. The Hall–Kier alpha value is -0.770. The first-order valence-electron chi connectivity index (χ1n) is 4.13. The third-order valence-electron chi connectivity index (χ3n) is 2.19. The van der Waals surface area contributed by atoms with Gasteiger partial charge in [-0.2, -0.15) is 4.42 Å². The minimum atomic E-state index is -0.826. The molecule has 1 aliphatic rings. The van der Waals surface area contributed by atoms with Gasteiger partial charge in [0.05, 0.1) is 0 Å². The van der Waals surface area contributed by atoms with E-state index in [0.717, 1.165) is 0 Å². The summed E-state index contributed by atoms with van der Waals surface area (Å²) < 4.78 is 0.653. The maximum absolute atomic E-state index is 11.5. The maximum atomic E-state index is 11.5. The minimum absolute atomic E-state index is 0.0322. The zero-order chi connectivity index (χ0) is 10.4. The highest BCUT2D eigenvalue weighted by Gasteiger charge is 2.51. The van der Waals surface area contributed by atoms with Crippen LogP contribution >= 0.6 is 11.8 Å². The zero-order valence-electron chi connectivity index (χ0n) is 8.17. The first-order chi connectivity index (χ1) is 5.80. The fourth-order valence-corrected chi connectivity index (χ4v) is 1.92. The summed E-state index contributed by atoms with van der Waals surface area (Å²) >= 11 is 5.53. The van der Waals surface area contributed by atoms with E-state index in [1.807, 2.05) is 13.8 Å². The molecule has 1 saturated heterocycles. The molecule has 1 fully saturated rings. The molecule has 0 bridgehead atoms. The van der Waals surface area contributed by atoms with Crippen LogP contribution < -0.4 is 0 Å². The number of amides is 3. The van der Waals surface area contributed by atoms with Gasteiger partial charge >= 0.3 is 6.03 Å². The average Bonchev–Trinajstić information content (AvgIpc) is 2.12. The van der Waals surface area contributed by atoms with Crippen LogP contribution in [0, 0.1) is 0 Å². The number of carbonyl (C=O) groups is 2. The van der Waals surface area contributed by atoms with E-state index in [4.69, 9.17) is 11.8 Å². The number of carbonyl (C=O) groups excluding carboxylic acids is 2. The van der Waals surface area contributed by atoms with Crippen LogP contribution in [-0.4, -0.2) is 32.8 Å². The zero-order valence-corrected chi connectivity index (χ0v) is 8.92. The fourth-order valence-electron chi connectivity index (χ4n) is 1.63. The van der Waals surface area contributed by atoms with Gasteiger partial charge in [-0.25, -0.2) is 4.79 Å². The lowest BCUT2D eigenvalue weighted by Gasteiger charge is -2.31. The van der Waals surface area contributed by atoms with Gasteiger partial charge in [-0.1, -0.05) is 0 Å². The molecule has 4 nitrogen and oxygen atoms in total. The lowest BCUT2D eigenvalue weighted by Crippen LogP contribution is -2.47. The molecule has 0 aliphatic carbocycles. The number of nitrogens with zero attached hydrogens (tertiary/aromatic N) is 2. The standard InChI is InChI=1S/C8H13ClN2O2/c1-5(2)10-7(13)11(9)6(12)8(10,3)4/h5H,1-4H3. The Bertz CT molecular complexity index is 263. The summed E-state index contributed by atoms with van der Waals surface area (Å²) in [5.74, 6) is -0.368. The molecule has 74 valence electrons. The van der Waals surface area contributed by atoms with E-state index >= 15 is 0 Å². The van der Waals surface area contributed by atoms with Crippen molar-refractivity contribution in [2.45, 2.75) is 39.3 Å². The first kappa shape index (κ1) is 10.3. The Kier molecular flexibility index (Phi) is 2.28. The molecule has 5 heteroatoms. The highest BCUT2D eigenvalue weighted by Crippen LogP contribution is 2.30. The van der Waals surface area contributed by atoms with Crippen LogP contribution in [0.2, 0.25) is 0 Å². The molecule has 0 saturated carbocycles. The largest absolute Gasteiger partial charge is 0.342 e. The number of hydrogen-bond donors (Lipinski definition) is 0. The van der Waals surface area contributed by atoms with Crippen LogP contribution in [0.5, 0.6) is 0 Å². The number of halogens is 1. The second-order valence-corrected chi connectivity index (χ2v) is 4.23. The van der Waals surface area contributed by atoms with E-state index in [1.54, 1.807) is 13.8 Å². The molecule has 1 heterocycles.